The first kappa shape index (κ1) is 19.4. The Kier molecular flexibility index (Phi) is 5.76. The van der Waals surface area contributed by atoms with Gasteiger partial charge in [-0.25, -0.2) is 0 Å². The van der Waals surface area contributed by atoms with Crippen molar-refractivity contribution in [3.63, 3.8) is 0 Å². The van der Waals surface area contributed by atoms with Gasteiger partial charge in [-0.05, 0) is 43.1 Å². The van der Waals surface area contributed by atoms with Crippen molar-refractivity contribution in [2.45, 2.75) is 25.4 Å². The van der Waals surface area contributed by atoms with Crippen molar-refractivity contribution in [2.24, 2.45) is 0 Å². The molecule has 2 aromatic carbocycles. The highest BCUT2D eigenvalue weighted by Crippen LogP contribution is 2.38. The van der Waals surface area contributed by atoms with E-state index in [1.165, 1.54) is 0 Å². The number of carbonyl (C=O) groups excluding carboxylic acids is 1. The molecule has 0 radical (unpaired) electrons. The number of methoxy groups -OCH3 is 2. The molecule has 4 rings (SSSR count). The lowest BCUT2D eigenvalue weighted by molar-refractivity contribution is -0.122. The third kappa shape index (κ3) is 4.24. The molecule has 0 bridgehead atoms. The Bertz CT molecular complexity index is 886. The van der Waals surface area contributed by atoms with Gasteiger partial charge < -0.3 is 24.3 Å². The fourth-order valence-corrected chi connectivity index (χ4v) is 3.95. The van der Waals surface area contributed by atoms with Crippen LogP contribution in [0.2, 0.25) is 0 Å². The molecule has 2 aliphatic rings. The summed E-state index contributed by atoms with van der Waals surface area (Å²) in [4.78, 5) is 14.8. The van der Waals surface area contributed by atoms with E-state index >= 15 is 0 Å². The van der Waals surface area contributed by atoms with Crippen molar-refractivity contribution in [2.75, 3.05) is 34.1 Å². The molecule has 1 N–H and O–H groups in total. The van der Waals surface area contributed by atoms with Crippen LogP contribution in [0, 0.1) is 0 Å². The maximum atomic E-state index is 12.6. The van der Waals surface area contributed by atoms with Gasteiger partial charge in [0.2, 0.25) is 12.7 Å². The number of benzene rings is 2. The molecule has 0 unspecified atom stereocenters. The molecular weight excluding hydrogens is 372 g/mol. The zero-order chi connectivity index (χ0) is 20.2. The molecule has 0 aromatic heterocycles. The second-order valence-electron chi connectivity index (χ2n) is 7.20. The van der Waals surface area contributed by atoms with Gasteiger partial charge in [0.1, 0.15) is 11.5 Å². The number of amides is 1. The second kappa shape index (κ2) is 8.61. The summed E-state index contributed by atoms with van der Waals surface area (Å²) >= 11 is 0. The van der Waals surface area contributed by atoms with E-state index in [0.29, 0.717) is 13.1 Å². The van der Waals surface area contributed by atoms with Gasteiger partial charge in [-0.1, -0.05) is 12.1 Å². The third-order valence-corrected chi connectivity index (χ3v) is 5.44. The minimum Gasteiger partial charge on any atom is -0.497 e. The van der Waals surface area contributed by atoms with E-state index in [2.05, 4.69) is 10.2 Å². The van der Waals surface area contributed by atoms with Crippen LogP contribution < -0.4 is 24.3 Å². The van der Waals surface area contributed by atoms with Gasteiger partial charge >= 0.3 is 0 Å². The van der Waals surface area contributed by atoms with Gasteiger partial charge in [0, 0.05) is 24.2 Å². The number of ether oxygens (including phenoxy) is 4. The summed E-state index contributed by atoms with van der Waals surface area (Å²) in [7, 11) is 3.30. The Morgan fingerprint density at radius 3 is 2.83 bits per heavy atom. The highest BCUT2D eigenvalue weighted by Gasteiger charge is 2.29. The Balaban J connectivity index is 1.37. The first-order chi connectivity index (χ1) is 14.2. The molecule has 0 spiro atoms. The van der Waals surface area contributed by atoms with Crippen molar-refractivity contribution < 1.29 is 23.7 Å². The first-order valence-corrected chi connectivity index (χ1v) is 9.79. The van der Waals surface area contributed by atoms with Gasteiger partial charge in [0.15, 0.2) is 11.5 Å². The van der Waals surface area contributed by atoms with Crippen LogP contribution in [0.3, 0.4) is 0 Å². The number of hydrogen-bond acceptors (Lipinski definition) is 6. The maximum Gasteiger partial charge on any atom is 0.234 e. The number of fused-ring (bicyclic) bond motifs is 1. The van der Waals surface area contributed by atoms with Crippen LogP contribution in [0.5, 0.6) is 23.0 Å². The van der Waals surface area contributed by atoms with Gasteiger partial charge in [-0.15, -0.1) is 0 Å². The highest BCUT2D eigenvalue weighted by molar-refractivity contribution is 5.78. The van der Waals surface area contributed by atoms with Crippen LogP contribution >= 0.6 is 0 Å². The quantitative estimate of drug-likeness (QED) is 0.774. The van der Waals surface area contributed by atoms with E-state index in [0.717, 1.165) is 53.5 Å². The zero-order valence-electron chi connectivity index (χ0n) is 16.8. The summed E-state index contributed by atoms with van der Waals surface area (Å²) in [5, 5.41) is 3.01. The summed E-state index contributed by atoms with van der Waals surface area (Å²) < 4.78 is 21.6. The van der Waals surface area contributed by atoms with Crippen LogP contribution in [0.25, 0.3) is 0 Å². The highest BCUT2D eigenvalue weighted by atomic mass is 16.7. The van der Waals surface area contributed by atoms with E-state index in [4.69, 9.17) is 18.9 Å². The van der Waals surface area contributed by atoms with E-state index in [1.54, 1.807) is 14.2 Å². The molecule has 2 aliphatic heterocycles. The lowest BCUT2D eigenvalue weighted by Gasteiger charge is -2.26. The molecule has 29 heavy (non-hydrogen) atoms. The Hall–Kier alpha value is -2.93. The van der Waals surface area contributed by atoms with E-state index in [9.17, 15) is 4.79 Å². The van der Waals surface area contributed by atoms with E-state index in [1.807, 2.05) is 36.4 Å². The monoisotopic (exact) mass is 398 g/mol. The van der Waals surface area contributed by atoms with E-state index in [-0.39, 0.29) is 18.7 Å². The number of rotatable bonds is 7. The molecule has 0 saturated carbocycles. The lowest BCUT2D eigenvalue weighted by atomic mass is 10.0. The number of carbonyl (C=O) groups is 1. The molecule has 154 valence electrons. The number of nitrogens with one attached hydrogen (secondary N) is 1. The number of nitrogens with zero attached hydrogens (tertiary/aromatic N) is 1. The third-order valence-electron chi connectivity index (χ3n) is 5.44. The van der Waals surface area contributed by atoms with Crippen molar-refractivity contribution in [3.05, 3.63) is 47.5 Å². The minimum atomic E-state index is 0.00189. The molecule has 1 amide bonds. The first-order valence-electron chi connectivity index (χ1n) is 9.79. The second-order valence-corrected chi connectivity index (χ2v) is 7.20. The standard InChI is InChI=1S/C22H26N2O5/c1-26-16-6-7-17(20(11-16)27-2)18-4-3-9-24(18)13-22(25)23-12-15-5-8-19-21(10-15)29-14-28-19/h5-8,10-11,18H,3-4,9,12-14H2,1-2H3,(H,23,25)/t18-/m0/s1. The van der Waals surface area contributed by atoms with Crippen molar-refractivity contribution in [3.8, 4) is 23.0 Å². The van der Waals surface area contributed by atoms with Crippen LogP contribution in [0.4, 0.5) is 0 Å². The summed E-state index contributed by atoms with van der Waals surface area (Å²) in [6, 6.07) is 11.7. The predicted octanol–water partition coefficient (Wildman–Crippen LogP) is 2.89. The number of likely N-dealkylation sites (tertiary alicyclic amines) is 1. The molecule has 2 aromatic rings. The topological polar surface area (TPSA) is 69.3 Å². The predicted molar refractivity (Wildman–Crippen MR) is 108 cm³/mol. The Labute approximate surface area is 170 Å². The summed E-state index contributed by atoms with van der Waals surface area (Å²) in [6.45, 7) is 1.94. The van der Waals surface area contributed by atoms with Crippen molar-refractivity contribution in [1.82, 2.24) is 10.2 Å². The molecule has 2 heterocycles. The average molecular weight is 398 g/mol. The fraction of sp³-hybridized carbons (Fsp3) is 0.409. The van der Waals surface area contributed by atoms with Gasteiger partial charge in [0.05, 0.1) is 20.8 Å². The van der Waals surface area contributed by atoms with Crippen LogP contribution in [0.1, 0.15) is 30.0 Å². The van der Waals surface area contributed by atoms with Crippen molar-refractivity contribution >= 4 is 5.91 Å². The summed E-state index contributed by atoms with van der Waals surface area (Å²) in [5.41, 5.74) is 2.08. The Morgan fingerprint density at radius 1 is 1.14 bits per heavy atom. The molecule has 7 heteroatoms. The maximum absolute atomic E-state index is 12.6. The van der Waals surface area contributed by atoms with E-state index < -0.39 is 0 Å². The molecule has 7 nitrogen and oxygen atoms in total. The van der Waals surface area contributed by atoms with Gasteiger partial charge in [-0.3, -0.25) is 9.69 Å². The Morgan fingerprint density at radius 2 is 2.00 bits per heavy atom. The molecular formula is C22H26N2O5. The lowest BCUT2D eigenvalue weighted by Crippen LogP contribution is -2.36. The molecule has 1 atom stereocenters. The summed E-state index contributed by atoms with van der Waals surface area (Å²) in [6.07, 6.45) is 2.05. The molecule has 1 fully saturated rings. The van der Waals surface area contributed by atoms with Gasteiger partial charge in [-0.2, -0.15) is 0 Å². The fourth-order valence-electron chi connectivity index (χ4n) is 3.95. The van der Waals surface area contributed by atoms with Gasteiger partial charge in [0.25, 0.3) is 0 Å². The number of hydrogen-bond donors (Lipinski definition) is 1. The van der Waals surface area contributed by atoms with Crippen molar-refractivity contribution in [1.29, 1.82) is 0 Å². The largest absolute Gasteiger partial charge is 0.497 e. The van der Waals surface area contributed by atoms with Crippen LogP contribution in [-0.4, -0.2) is 44.9 Å². The average Bonchev–Trinajstić information content (AvgIpc) is 3.40. The summed E-state index contributed by atoms with van der Waals surface area (Å²) in [5.74, 6) is 3.03. The van der Waals surface area contributed by atoms with Crippen LogP contribution in [0.15, 0.2) is 36.4 Å². The SMILES string of the molecule is COc1ccc([C@@H]2CCCN2CC(=O)NCc2ccc3c(c2)OCO3)c(OC)c1. The molecule has 1 saturated heterocycles. The normalized spacial score (nSPS) is 17.9. The zero-order valence-corrected chi connectivity index (χ0v) is 16.8. The smallest absolute Gasteiger partial charge is 0.234 e. The molecule has 0 aliphatic carbocycles. The van der Waals surface area contributed by atoms with Crippen LogP contribution in [-0.2, 0) is 11.3 Å². The minimum absolute atomic E-state index is 0.00189.